The molecule has 1 aliphatic carbocycles. The molecule has 1 aromatic carbocycles. The van der Waals surface area contributed by atoms with Gasteiger partial charge in [0.25, 0.3) is 5.91 Å². The van der Waals surface area contributed by atoms with E-state index in [1.807, 2.05) is 0 Å². The molecular weight excluding hydrogens is 411 g/mol. The molecule has 0 bridgehead atoms. The highest BCUT2D eigenvalue weighted by atomic mass is 35.5. The van der Waals surface area contributed by atoms with E-state index in [1.54, 1.807) is 0 Å². The van der Waals surface area contributed by atoms with Crippen molar-refractivity contribution in [3.8, 4) is 5.75 Å². The van der Waals surface area contributed by atoms with E-state index in [9.17, 15) is 22.7 Å². The Morgan fingerprint density at radius 3 is 2.79 bits per heavy atom. The lowest BCUT2D eigenvalue weighted by molar-refractivity contribution is 0.102. The summed E-state index contributed by atoms with van der Waals surface area (Å²) in [5, 5.41) is 16.1. The minimum atomic E-state index is -3.78. The number of phenols is 1. The first-order valence-corrected chi connectivity index (χ1v) is 10.1. The molecule has 2 aromatic heterocycles. The molecule has 1 fully saturated rings. The van der Waals surface area contributed by atoms with E-state index in [4.69, 9.17) is 11.6 Å². The number of sulfonamides is 1. The number of amides is 1. The van der Waals surface area contributed by atoms with Gasteiger partial charge in [0.15, 0.2) is 5.82 Å². The van der Waals surface area contributed by atoms with E-state index in [1.165, 1.54) is 18.3 Å². The number of benzene rings is 1. The lowest BCUT2D eigenvalue weighted by atomic mass is 10.2. The first-order valence-electron chi connectivity index (χ1n) is 8.24. The molecule has 8 nitrogen and oxygen atoms in total. The van der Waals surface area contributed by atoms with Gasteiger partial charge in [-0.25, -0.2) is 22.0 Å². The Morgan fingerprint density at radius 2 is 2.07 bits per heavy atom. The van der Waals surface area contributed by atoms with Gasteiger partial charge in [-0.2, -0.15) is 5.10 Å². The highest BCUT2D eigenvalue weighted by Gasteiger charge is 2.28. The average Bonchev–Trinajstić information content (AvgIpc) is 3.33. The molecule has 1 amide bonds. The number of carbonyl (C=O) groups excluding carboxylic acids is 1. The van der Waals surface area contributed by atoms with Crippen molar-refractivity contribution >= 4 is 38.7 Å². The van der Waals surface area contributed by atoms with Crippen LogP contribution in [0, 0.1) is 5.82 Å². The molecule has 146 valence electrons. The topological polar surface area (TPSA) is 113 Å². The normalized spacial score (nSPS) is 14.4. The first kappa shape index (κ1) is 18.7. The predicted octanol–water partition coefficient (Wildman–Crippen LogP) is 2.53. The Labute approximate surface area is 164 Å². The minimum Gasteiger partial charge on any atom is -0.506 e. The summed E-state index contributed by atoms with van der Waals surface area (Å²) in [6, 6.07) is 4.72. The molecule has 1 aliphatic rings. The number of phenolic OH excluding ortho intramolecular Hbond substituents is 1. The van der Waals surface area contributed by atoms with E-state index >= 15 is 0 Å². The van der Waals surface area contributed by atoms with Crippen molar-refractivity contribution in [1.29, 1.82) is 0 Å². The van der Waals surface area contributed by atoms with Crippen molar-refractivity contribution in [2.45, 2.75) is 23.8 Å². The molecule has 3 N–H and O–H groups in total. The van der Waals surface area contributed by atoms with Crippen LogP contribution in [0.4, 0.5) is 10.1 Å². The molecule has 28 heavy (non-hydrogen) atoms. The van der Waals surface area contributed by atoms with Crippen LogP contribution in [0.25, 0.3) is 5.52 Å². The first-order chi connectivity index (χ1) is 13.3. The van der Waals surface area contributed by atoms with Gasteiger partial charge < -0.3 is 10.4 Å². The van der Waals surface area contributed by atoms with Gasteiger partial charge in [0.2, 0.25) is 10.0 Å². The zero-order valence-corrected chi connectivity index (χ0v) is 15.8. The van der Waals surface area contributed by atoms with Crippen LogP contribution in [0.3, 0.4) is 0 Å². The molecule has 1 saturated carbocycles. The molecule has 4 rings (SSSR count). The van der Waals surface area contributed by atoms with Gasteiger partial charge in [0.1, 0.15) is 11.3 Å². The van der Waals surface area contributed by atoms with Gasteiger partial charge in [0, 0.05) is 12.2 Å². The highest BCUT2D eigenvalue weighted by Crippen LogP contribution is 2.29. The number of halogens is 2. The Bertz CT molecular complexity index is 1210. The Kier molecular flexibility index (Phi) is 4.48. The monoisotopic (exact) mass is 424 g/mol. The Hall–Kier alpha value is -2.69. The molecule has 11 heteroatoms. The van der Waals surface area contributed by atoms with Crippen molar-refractivity contribution in [2.24, 2.45) is 0 Å². The second-order valence-electron chi connectivity index (χ2n) is 6.36. The largest absolute Gasteiger partial charge is 0.506 e. The maximum atomic E-state index is 14.3. The number of aromatic hydroxyl groups is 1. The third-order valence-electron chi connectivity index (χ3n) is 4.25. The molecule has 3 aromatic rings. The van der Waals surface area contributed by atoms with Crippen LogP contribution in [-0.4, -0.2) is 35.1 Å². The third kappa shape index (κ3) is 3.41. The van der Waals surface area contributed by atoms with Crippen LogP contribution in [0.15, 0.2) is 41.6 Å². The number of nitrogens with one attached hydrogen (secondary N) is 2. The number of fused-ring (bicyclic) bond motifs is 1. The van der Waals surface area contributed by atoms with Crippen molar-refractivity contribution in [3.63, 3.8) is 0 Å². The molecule has 0 radical (unpaired) electrons. The molecule has 0 saturated heterocycles. The summed E-state index contributed by atoms with van der Waals surface area (Å²) in [7, 11) is -3.78. The van der Waals surface area contributed by atoms with Gasteiger partial charge in [-0.3, -0.25) is 4.79 Å². The quantitative estimate of drug-likeness (QED) is 0.545. The van der Waals surface area contributed by atoms with Gasteiger partial charge in [0.05, 0.1) is 27.4 Å². The van der Waals surface area contributed by atoms with Crippen LogP contribution in [-0.2, 0) is 10.0 Å². The standard InChI is InChI=1S/C17H14ClFN4O4S/c18-12-5-6-23-16(15(12)19)11(8-20-23)17(25)21-13-7-10(3-4-14(13)24)28(26,27)22-9-1-2-9/h3-9,22,24H,1-2H2,(H,21,25). The maximum absolute atomic E-state index is 14.3. The molecule has 0 atom stereocenters. The lowest BCUT2D eigenvalue weighted by Gasteiger charge is -2.10. The zero-order chi connectivity index (χ0) is 20.1. The van der Waals surface area contributed by atoms with Gasteiger partial charge in [-0.05, 0) is 37.1 Å². The minimum absolute atomic E-state index is 0.0941. The summed E-state index contributed by atoms with van der Waals surface area (Å²) in [5.74, 6) is -1.94. The van der Waals surface area contributed by atoms with Crippen LogP contribution in [0.5, 0.6) is 5.75 Å². The summed E-state index contributed by atoms with van der Waals surface area (Å²) in [6.07, 6.45) is 4.08. The maximum Gasteiger partial charge on any atom is 0.259 e. The van der Waals surface area contributed by atoms with Crippen LogP contribution in [0.1, 0.15) is 23.2 Å². The number of anilines is 1. The fourth-order valence-electron chi connectivity index (χ4n) is 2.64. The summed E-state index contributed by atoms with van der Waals surface area (Å²) < 4.78 is 42.6. The fourth-order valence-corrected chi connectivity index (χ4v) is 4.12. The fraction of sp³-hybridized carbons (Fsp3) is 0.176. The predicted molar refractivity (Wildman–Crippen MR) is 99.6 cm³/mol. The molecular formula is C17H14ClFN4O4S. The second-order valence-corrected chi connectivity index (χ2v) is 8.48. The van der Waals surface area contributed by atoms with Crippen LogP contribution in [0.2, 0.25) is 5.02 Å². The highest BCUT2D eigenvalue weighted by molar-refractivity contribution is 7.89. The summed E-state index contributed by atoms with van der Waals surface area (Å²) in [5.41, 5.74) is -0.391. The van der Waals surface area contributed by atoms with E-state index in [2.05, 4.69) is 15.1 Å². The smallest absolute Gasteiger partial charge is 0.259 e. The molecule has 2 heterocycles. The Morgan fingerprint density at radius 1 is 1.32 bits per heavy atom. The number of nitrogens with zero attached hydrogens (tertiary/aromatic N) is 2. The lowest BCUT2D eigenvalue weighted by Crippen LogP contribution is -2.25. The van der Waals surface area contributed by atoms with Crippen molar-refractivity contribution in [3.05, 3.63) is 53.1 Å². The van der Waals surface area contributed by atoms with Crippen molar-refractivity contribution in [1.82, 2.24) is 14.3 Å². The second kappa shape index (κ2) is 6.73. The number of hydrogen-bond acceptors (Lipinski definition) is 5. The summed E-state index contributed by atoms with van der Waals surface area (Å²) >= 11 is 5.76. The van der Waals surface area contributed by atoms with E-state index in [0.29, 0.717) is 0 Å². The van der Waals surface area contributed by atoms with Crippen molar-refractivity contribution < 1.29 is 22.7 Å². The van der Waals surface area contributed by atoms with E-state index < -0.39 is 21.7 Å². The van der Waals surface area contributed by atoms with E-state index in [0.717, 1.165) is 35.7 Å². The van der Waals surface area contributed by atoms with Gasteiger partial charge in [-0.15, -0.1) is 0 Å². The number of hydrogen-bond donors (Lipinski definition) is 3. The number of rotatable bonds is 5. The van der Waals surface area contributed by atoms with Crippen LogP contribution >= 0.6 is 11.6 Å². The number of carbonyl (C=O) groups is 1. The third-order valence-corrected chi connectivity index (χ3v) is 6.06. The Balaban J connectivity index is 1.67. The molecule has 0 aliphatic heterocycles. The number of pyridine rings is 1. The molecule has 0 spiro atoms. The summed E-state index contributed by atoms with van der Waals surface area (Å²) in [4.78, 5) is 12.5. The number of aromatic nitrogens is 2. The molecule has 0 unspecified atom stereocenters. The SMILES string of the molecule is O=C(Nc1cc(S(=O)(=O)NC2CC2)ccc1O)c1cnn2ccc(Cl)c(F)c12. The van der Waals surface area contributed by atoms with Gasteiger partial charge >= 0.3 is 0 Å². The zero-order valence-electron chi connectivity index (χ0n) is 14.2. The average molecular weight is 425 g/mol. The van der Waals surface area contributed by atoms with Crippen molar-refractivity contribution in [2.75, 3.05) is 5.32 Å². The van der Waals surface area contributed by atoms with Gasteiger partial charge in [-0.1, -0.05) is 11.6 Å². The summed E-state index contributed by atoms with van der Waals surface area (Å²) in [6.45, 7) is 0. The van der Waals surface area contributed by atoms with Crippen LogP contribution < -0.4 is 10.0 Å². The van der Waals surface area contributed by atoms with E-state index in [-0.39, 0.29) is 38.5 Å².